The standard InChI is InChI=1S/C54H41N5.Pt/c1-33-30-34(2)48(35(3)31-33)41-27-28-42(51-49(41)40-20-9-11-24-45(40)56-51)52-57-50-39(21-14-26-47(50)58(52)37-17-7-6-8-18-37)36-16-13-19-38(32-36)59-46-25-12-10-22-43(46)54(4,5)44-23-15-29-55-53(44)59;/h6-31H,1-5H3;/q-2;+2. The molecular formula is C54H41N5Pt. The normalized spacial score (nSPS) is 13.1. The summed E-state index contributed by atoms with van der Waals surface area (Å²) < 4.78 is 2.29. The van der Waals surface area contributed by atoms with E-state index < -0.39 is 0 Å². The van der Waals surface area contributed by atoms with Crippen molar-refractivity contribution < 1.29 is 21.1 Å². The van der Waals surface area contributed by atoms with Gasteiger partial charge in [0, 0.05) is 34.1 Å². The van der Waals surface area contributed by atoms with Crippen molar-refractivity contribution in [3.63, 3.8) is 0 Å². The Bertz CT molecular complexity index is 3230. The maximum Gasteiger partial charge on any atom is 2.00 e. The van der Waals surface area contributed by atoms with Crippen molar-refractivity contribution in [2.24, 2.45) is 0 Å². The van der Waals surface area contributed by atoms with Gasteiger partial charge in [-0.2, -0.15) is 0 Å². The second-order valence-electron chi connectivity index (χ2n) is 16.4. The van der Waals surface area contributed by atoms with Gasteiger partial charge in [-0.15, -0.1) is 40.9 Å². The van der Waals surface area contributed by atoms with E-state index in [1.807, 2.05) is 12.3 Å². The van der Waals surface area contributed by atoms with E-state index in [2.05, 4.69) is 196 Å². The molecule has 0 aliphatic carbocycles. The van der Waals surface area contributed by atoms with Crippen LogP contribution in [0.4, 0.5) is 17.2 Å². The Hall–Kier alpha value is -6.55. The number of nitrogens with zero attached hydrogens (tertiary/aromatic N) is 5. The van der Waals surface area contributed by atoms with Gasteiger partial charge in [0.05, 0.1) is 11.0 Å². The Morgan fingerprint density at radius 3 is 2.20 bits per heavy atom. The fraction of sp³-hybridized carbons (Fsp3) is 0.111. The summed E-state index contributed by atoms with van der Waals surface area (Å²) in [5.41, 5.74) is 18.4. The Morgan fingerprint density at radius 2 is 1.37 bits per heavy atom. The molecule has 0 spiro atoms. The number of anilines is 3. The number of benzene rings is 7. The number of fused-ring (bicyclic) bond motifs is 6. The molecule has 292 valence electrons. The van der Waals surface area contributed by atoms with Crippen LogP contribution in [0.5, 0.6) is 0 Å². The molecule has 1 aliphatic rings. The van der Waals surface area contributed by atoms with Crippen LogP contribution in [0.15, 0.2) is 158 Å². The third-order valence-electron chi connectivity index (χ3n) is 12.3. The summed E-state index contributed by atoms with van der Waals surface area (Å²) in [6.07, 6.45) is 1.88. The molecule has 7 aromatic carbocycles. The van der Waals surface area contributed by atoms with Crippen molar-refractivity contribution in [1.82, 2.24) is 19.5 Å². The van der Waals surface area contributed by atoms with Crippen LogP contribution in [0, 0.1) is 26.8 Å². The van der Waals surface area contributed by atoms with Crippen molar-refractivity contribution in [2.45, 2.75) is 40.0 Å². The Morgan fingerprint density at radius 1 is 0.650 bits per heavy atom. The molecule has 1 aliphatic heterocycles. The van der Waals surface area contributed by atoms with Crippen molar-refractivity contribution in [3.05, 3.63) is 192 Å². The van der Waals surface area contributed by atoms with Gasteiger partial charge in [0.2, 0.25) is 0 Å². The Kier molecular flexibility index (Phi) is 9.00. The van der Waals surface area contributed by atoms with Crippen LogP contribution in [0.3, 0.4) is 0 Å². The number of hydrogen-bond donors (Lipinski definition) is 0. The molecule has 10 aromatic rings. The summed E-state index contributed by atoms with van der Waals surface area (Å²) in [5, 5.41) is 2.30. The predicted molar refractivity (Wildman–Crippen MR) is 243 cm³/mol. The molecule has 0 bridgehead atoms. The maximum atomic E-state index is 5.62. The minimum Gasteiger partial charge on any atom is -0.656 e. The van der Waals surface area contributed by atoms with Gasteiger partial charge >= 0.3 is 21.1 Å². The van der Waals surface area contributed by atoms with E-state index in [-0.39, 0.29) is 26.5 Å². The fourth-order valence-electron chi connectivity index (χ4n) is 9.72. The van der Waals surface area contributed by atoms with Gasteiger partial charge in [0.25, 0.3) is 0 Å². The number of pyridine rings is 1. The quantitative estimate of drug-likeness (QED) is 0.161. The van der Waals surface area contributed by atoms with Gasteiger partial charge in [-0.25, -0.2) is 9.97 Å². The summed E-state index contributed by atoms with van der Waals surface area (Å²) >= 11 is 0. The molecule has 0 atom stereocenters. The number of hydrogen-bond acceptors (Lipinski definition) is 3. The van der Waals surface area contributed by atoms with Crippen molar-refractivity contribution >= 4 is 50.0 Å². The van der Waals surface area contributed by atoms with Crippen molar-refractivity contribution in [3.8, 4) is 39.3 Å². The molecule has 0 saturated carbocycles. The van der Waals surface area contributed by atoms with E-state index >= 15 is 0 Å². The Balaban J connectivity index is 0.00000433. The van der Waals surface area contributed by atoms with Crippen LogP contribution in [0.25, 0.3) is 72.2 Å². The summed E-state index contributed by atoms with van der Waals surface area (Å²) in [4.78, 5) is 18.2. The van der Waals surface area contributed by atoms with Crippen molar-refractivity contribution in [1.29, 1.82) is 0 Å². The first-order valence-electron chi connectivity index (χ1n) is 20.3. The van der Waals surface area contributed by atoms with E-state index in [1.54, 1.807) is 0 Å². The maximum absolute atomic E-state index is 5.62. The minimum atomic E-state index is -0.204. The molecule has 4 heterocycles. The van der Waals surface area contributed by atoms with Gasteiger partial charge in [-0.05, 0) is 95.4 Å². The minimum absolute atomic E-state index is 0. The molecule has 0 amide bonds. The van der Waals surface area contributed by atoms with Crippen LogP contribution < -0.4 is 9.88 Å². The monoisotopic (exact) mass is 954 g/mol. The smallest absolute Gasteiger partial charge is 0.656 e. The molecule has 0 radical (unpaired) electrons. The predicted octanol–water partition coefficient (Wildman–Crippen LogP) is 13.5. The molecule has 0 saturated heterocycles. The summed E-state index contributed by atoms with van der Waals surface area (Å²) in [6.45, 7) is 11.2. The van der Waals surface area contributed by atoms with Gasteiger partial charge in [0.15, 0.2) is 0 Å². The average Bonchev–Trinajstić information content (AvgIpc) is 3.84. The van der Waals surface area contributed by atoms with Gasteiger partial charge in [-0.1, -0.05) is 128 Å². The summed E-state index contributed by atoms with van der Waals surface area (Å²) in [6, 6.07) is 57.8. The number of rotatable bonds is 5. The van der Waals surface area contributed by atoms with Crippen LogP contribution >= 0.6 is 0 Å². The molecule has 0 N–H and O–H groups in total. The van der Waals surface area contributed by atoms with Crippen LogP contribution in [-0.2, 0) is 26.5 Å². The van der Waals surface area contributed by atoms with Gasteiger partial charge in [-0.3, -0.25) is 4.57 Å². The third-order valence-corrected chi connectivity index (χ3v) is 12.3. The number of imidazole rings is 1. The van der Waals surface area contributed by atoms with Crippen LogP contribution in [0.2, 0.25) is 0 Å². The number of aryl methyl sites for hydroxylation is 3. The zero-order valence-corrected chi connectivity index (χ0v) is 36.3. The molecule has 0 unspecified atom stereocenters. The number of aromatic nitrogens is 4. The first kappa shape index (κ1) is 37.7. The van der Waals surface area contributed by atoms with Gasteiger partial charge in [0.1, 0.15) is 11.6 Å². The first-order chi connectivity index (χ1) is 28.8. The SMILES string of the molecule is Cc1cc(C)c(-c2ccc(-c3nc4c(-c5[c-]c(N6c7ccccc7C(C)(C)c7cccnc76)ccc5)cccc4n3-c3ccccc3)c3[n-]c4ccccc4c23)c(C)c1.[Pt+2]. The van der Waals surface area contributed by atoms with E-state index in [9.17, 15) is 0 Å². The zero-order chi connectivity index (χ0) is 40.0. The largest absolute Gasteiger partial charge is 2.00 e. The van der Waals surface area contributed by atoms with E-state index in [0.29, 0.717) is 0 Å². The molecule has 6 heteroatoms. The van der Waals surface area contributed by atoms with E-state index in [1.165, 1.54) is 38.9 Å². The second-order valence-corrected chi connectivity index (χ2v) is 16.4. The molecule has 11 rings (SSSR count). The summed E-state index contributed by atoms with van der Waals surface area (Å²) in [5.74, 6) is 1.77. The molecule has 0 fully saturated rings. The fourth-order valence-corrected chi connectivity index (χ4v) is 9.72. The topological polar surface area (TPSA) is 48.1 Å². The molecule has 60 heavy (non-hydrogen) atoms. The van der Waals surface area contributed by atoms with Crippen molar-refractivity contribution in [2.75, 3.05) is 4.90 Å². The molecular weight excluding hydrogens is 914 g/mol. The first-order valence-corrected chi connectivity index (χ1v) is 20.3. The second kappa shape index (κ2) is 14.3. The average molecular weight is 955 g/mol. The Labute approximate surface area is 364 Å². The molecule has 3 aromatic heterocycles. The molecule has 5 nitrogen and oxygen atoms in total. The van der Waals surface area contributed by atoms with Crippen LogP contribution in [0.1, 0.15) is 41.7 Å². The third kappa shape index (κ3) is 5.71. The van der Waals surface area contributed by atoms with E-state index in [0.717, 1.165) is 78.2 Å². The zero-order valence-electron chi connectivity index (χ0n) is 34.1. The van der Waals surface area contributed by atoms with Crippen LogP contribution in [-0.4, -0.2) is 14.5 Å². The summed E-state index contributed by atoms with van der Waals surface area (Å²) in [7, 11) is 0. The van der Waals surface area contributed by atoms with E-state index in [4.69, 9.17) is 15.0 Å². The van der Waals surface area contributed by atoms with Gasteiger partial charge < -0.3 is 9.88 Å². The number of para-hydroxylation sites is 4.